The van der Waals surface area contributed by atoms with Crippen molar-refractivity contribution in [3.05, 3.63) is 46.2 Å². The van der Waals surface area contributed by atoms with E-state index in [2.05, 4.69) is 5.10 Å². The van der Waals surface area contributed by atoms with E-state index in [1.54, 1.807) is 40.7 Å². The molecular formula is C26H27ClN4O7S. The Kier molecular flexibility index (Phi) is 6.93. The third kappa shape index (κ3) is 4.22. The van der Waals surface area contributed by atoms with Crippen molar-refractivity contribution in [2.24, 2.45) is 5.92 Å². The van der Waals surface area contributed by atoms with Crippen LogP contribution in [0, 0.1) is 19.8 Å². The zero-order chi connectivity index (χ0) is 29.2. The number of fused-ring (bicyclic) bond motifs is 2. The number of esters is 1. The number of ether oxygens (including phenoxy) is 2. The van der Waals surface area contributed by atoms with Crippen molar-refractivity contribution in [3.63, 3.8) is 0 Å². The van der Waals surface area contributed by atoms with Crippen LogP contribution >= 0.6 is 23.8 Å². The molecule has 3 heterocycles. The summed E-state index contributed by atoms with van der Waals surface area (Å²) in [6, 6.07) is 4.23. The van der Waals surface area contributed by atoms with Gasteiger partial charge in [0.25, 0.3) is 11.8 Å². The van der Waals surface area contributed by atoms with Gasteiger partial charge in [0.2, 0.25) is 5.91 Å². The van der Waals surface area contributed by atoms with Gasteiger partial charge < -0.3 is 9.47 Å². The highest BCUT2D eigenvalue weighted by atomic mass is 35.5. The molecule has 0 aliphatic carbocycles. The Hall–Kier alpha value is -3.64. The Bertz CT molecular complexity index is 1460. The van der Waals surface area contributed by atoms with Gasteiger partial charge in [0.15, 0.2) is 0 Å². The first kappa shape index (κ1) is 28.4. The maximum atomic E-state index is 14.3. The fourth-order valence-electron chi connectivity index (χ4n) is 5.25. The molecule has 0 radical (unpaired) electrons. The second kappa shape index (κ2) is 9.53. The first-order valence-corrected chi connectivity index (χ1v) is 12.7. The second-order valence-corrected chi connectivity index (χ2v) is 11.2. The Morgan fingerprint density at radius 3 is 2.28 bits per heavy atom. The molecule has 3 amide bonds. The third-order valence-corrected chi connectivity index (χ3v) is 7.37. The molecule has 0 unspecified atom stereocenters. The number of carbonyl (C=O) groups is 5. The van der Waals surface area contributed by atoms with Gasteiger partial charge in [-0.15, -0.1) is 0 Å². The van der Waals surface area contributed by atoms with Crippen LogP contribution in [0.2, 0.25) is 5.02 Å². The van der Waals surface area contributed by atoms with Crippen molar-refractivity contribution in [2.75, 3.05) is 12.0 Å². The number of aryl methyl sites for hydroxylation is 2. The van der Waals surface area contributed by atoms with E-state index in [1.807, 2.05) is 0 Å². The van der Waals surface area contributed by atoms with Crippen molar-refractivity contribution in [1.29, 1.82) is 0 Å². The third-order valence-electron chi connectivity index (χ3n) is 6.61. The molecule has 1 aromatic heterocycles. The fraction of sp³-hybridized carbons (Fsp3) is 0.423. The highest BCUT2D eigenvalue weighted by Gasteiger charge is 2.73. The molecule has 1 spiro atoms. The van der Waals surface area contributed by atoms with Crippen LogP contribution in [0.4, 0.5) is 10.5 Å². The van der Waals surface area contributed by atoms with Gasteiger partial charge in [0.1, 0.15) is 28.0 Å². The lowest BCUT2D eigenvalue weighted by atomic mass is 9.70. The molecule has 3 atom stereocenters. The predicted octanol–water partition coefficient (Wildman–Crippen LogP) is 3.36. The molecule has 13 heteroatoms. The number of halogens is 1. The summed E-state index contributed by atoms with van der Waals surface area (Å²) in [5.74, 6) is -5.10. The number of thiocarbonyl (C=S) groups is 1. The van der Waals surface area contributed by atoms with Crippen molar-refractivity contribution in [1.82, 2.24) is 14.7 Å². The van der Waals surface area contributed by atoms with Gasteiger partial charge in [0, 0.05) is 23.2 Å². The number of aromatic nitrogens is 2. The molecular weight excluding hydrogens is 548 g/mol. The molecule has 206 valence electrons. The van der Waals surface area contributed by atoms with Crippen LogP contribution in [0.1, 0.15) is 49.4 Å². The maximum Gasteiger partial charge on any atom is 0.416 e. The summed E-state index contributed by atoms with van der Waals surface area (Å²) in [5, 5.41) is 4.40. The van der Waals surface area contributed by atoms with Crippen LogP contribution < -0.4 is 4.90 Å². The van der Waals surface area contributed by atoms with E-state index in [0.29, 0.717) is 11.4 Å². The lowest BCUT2D eigenvalue weighted by molar-refractivity contribution is -0.149. The van der Waals surface area contributed by atoms with Crippen LogP contribution in [0.5, 0.6) is 0 Å². The summed E-state index contributed by atoms with van der Waals surface area (Å²) in [5.41, 5.74) is -2.05. The normalized spacial score (nSPS) is 22.4. The molecule has 0 N–H and O–H groups in total. The number of hydrogen-bond acceptors (Lipinski definition) is 9. The topological polar surface area (TPSA) is 128 Å². The first-order valence-electron chi connectivity index (χ1n) is 11.9. The maximum absolute atomic E-state index is 14.3. The number of amides is 3. The fourth-order valence-corrected chi connectivity index (χ4v) is 5.93. The number of imide groups is 1. The van der Waals surface area contributed by atoms with Crippen molar-refractivity contribution in [2.45, 2.75) is 58.6 Å². The lowest BCUT2D eigenvalue weighted by Crippen LogP contribution is -2.53. The number of nitrogens with zero attached hydrogens (tertiary/aromatic N) is 4. The van der Waals surface area contributed by atoms with E-state index in [0.717, 1.165) is 21.6 Å². The van der Waals surface area contributed by atoms with Crippen LogP contribution in [0.15, 0.2) is 24.3 Å². The van der Waals surface area contributed by atoms with Gasteiger partial charge in [-0.1, -0.05) is 23.8 Å². The number of benzene rings is 1. The van der Waals surface area contributed by atoms with E-state index in [1.165, 1.54) is 25.1 Å². The molecule has 2 aliphatic heterocycles. The highest BCUT2D eigenvalue weighted by molar-refractivity contribution is 7.80. The van der Waals surface area contributed by atoms with Crippen LogP contribution in [-0.2, 0) is 29.3 Å². The summed E-state index contributed by atoms with van der Waals surface area (Å²) in [4.78, 5) is 69.7. The molecule has 0 bridgehead atoms. The first-order chi connectivity index (χ1) is 18.1. The van der Waals surface area contributed by atoms with Gasteiger partial charge in [0.05, 0.1) is 18.5 Å². The molecule has 2 aromatic rings. The standard InChI is InChI=1S/C26H27ClN4O7S/c1-12-10-13(2)31(28-12)20(33)19-18(21(34)37-7)26(23(39)30(19)24(36)38-25(4,5)6)16-11-15(27)8-9-17(16)29(14(3)32)22(26)35/h8-11,18-19H,1-7H3/t18-,19-,26-/m0/s1. The van der Waals surface area contributed by atoms with E-state index < -0.39 is 57.7 Å². The molecule has 4 rings (SSSR count). The zero-order valence-electron chi connectivity index (χ0n) is 22.4. The number of methoxy groups -OCH3 is 1. The SMILES string of the molecule is COC(=O)[C@@H]1[C@@H](C(=O)n2nc(C)cc2C)N(C(=O)OC(C)(C)C)C(=S)[C@]12C(=O)N(C(C)=O)c1ccc(Cl)cc12. The minimum Gasteiger partial charge on any atom is -0.469 e. The Morgan fingerprint density at radius 2 is 1.77 bits per heavy atom. The van der Waals surface area contributed by atoms with Crippen LogP contribution in [0.3, 0.4) is 0 Å². The van der Waals surface area contributed by atoms with Gasteiger partial charge in [-0.25, -0.2) is 14.4 Å². The summed E-state index contributed by atoms with van der Waals surface area (Å²) < 4.78 is 11.7. The smallest absolute Gasteiger partial charge is 0.416 e. The molecule has 0 saturated carbocycles. The largest absolute Gasteiger partial charge is 0.469 e. The van der Waals surface area contributed by atoms with Gasteiger partial charge in [-0.3, -0.25) is 24.1 Å². The van der Waals surface area contributed by atoms with E-state index in [4.69, 9.17) is 33.3 Å². The van der Waals surface area contributed by atoms with E-state index >= 15 is 0 Å². The monoisotopic (exact) mass is 574 g/mol. The van der Waals surface area contributed by atoms with Gasteiger partial charge in [-0.2, -0.15) is 5.10 Å². The average molecular weight is 575 g/mol. The second-order valence-electron chi connectivity index (χ2n) is 10.4. The number of likely N-dealkylation sites (tertiary alicyclic amines) is 1. The molecule has 1 saturated heterocycles. The van der Waals surface area contributed by atoms with Crippen molar-refractivity contribution in [3.8, 4) is 0 Å². The van der Waals surface area contributed by atoms with Crippen LogP contribution in [-0.4, -0.2) is 68.2 Å². The summed E-state index contributed by atoms with van der Waals surface area (Å²) in [6.45, 7) is 9.31. The lowest BCUT2D eigenvalue weighted by Gasteiger charge is -2.28. The van der Waals surface area contributed by atoms with E-state index in [-0.39, 0.29) is 16.3 Å². The number of carbonyl (C=O) groups excluding carboxylic acids is 5. The molecule has 1 aromatic carbocycles. The predicted molar refractivity (Wildman–Crippen MR) is 144 cm³/mol. The number of hydrogen-bond donors (Lipinski definition) is 0. The van der Waals surface area contributed by atoms with E-state index in [9.17, 15) is 24.0 Å². The summed E-state index contributed by atoms with van der Waals surface area (Å²) >= 11 is 12.1. The zero-order valence-corrected chi connectivity index (χ0v) is 24.0. The Labute approximate surface area is 235 Å². The molecule has 39 heavy (non-hydrogen) atoms. The van der Waals surface area contributed by atoms with Crippen molar-refractivity contribution >= 4 is 64.3 Å². The Morgan fingerprint density at radius 1 is 1.13 bits per heavy atom. The minimum absolute atomic E-state index is 0.0906. The number of rotatable bonds is 2. The summed E-state index contributed by atoms with van der Waals surface area (Å²) in [6.07, 6.45) is -1.06. The molecule has 1 fully saturated rings. The molecule has 2 aliphatic rings. The average Bonchev–Trinajstić information content (AvgIpc) is 3.40. The van der Waals surface area contributed by atoms with Crippen LogP contribution in [0.25, 0.3) is 0 Å². The quantitative estimate of drug-likeness (QED) is 0.391. The van der Waals surface area contributed by atoms with Gasteiger partial charge in [-0.05, 0) is 58.9 Å². The van der Waals surface area contributed by atoms with Crippen molar-refractivity contribution < 1.29 is 33.4 Å². The highest BCUT2D eigenvalue weighted by Crippen LogP contribution is 2.55. The Balaban J connectivity index is 2.08. The number of anilines is 1. The van der Waals surface area contributed by atoms with Gasteiger partial charge >= 0.3 is 12.1 Å². The molecule has 11 nitrogen and oxygen atoms in total. The summed E-state index contributed by atoms with van der Waals surface area (Å²) in [7, 11) is 1.08. The minimum atomic E-state index is -2.17.